The zero-order valence-corrected chi connectivity index (χ0v) is 7.78. The number of halogens is 4. The number of alkyl halides is 2. The molecule has 0 radical (unpaired) electrons. The first-order chi connectivity index (χ1) is 6.06. The van der Waals surface area contributed by atoms with E-state index >= 15 is 0 Å². The van der Waals surface area contributed by atoms with E-state index in [-0.39, 0.29) is 10.0 Å². The second-order valence-electron chi connectivity index (χ2n) is 2.26. The zero-order valence-electron chi connectivity index (χ0n) is 6.19. The summed E-state index contributed by atoms with van der Waals surface area (Å²) < 4.78 is 37.2. The Morgan fingerprint density at radius 3 is 2.46 bits per heavy atom. The molecule has 68 valence electrons. The molecular formula is C8H3BrF3N. The van der Waals surface area contributed by atoms with Gasteiger partial charge in [0, 0.05) is 10.0 Å². The smallest absolute Gasteiger partial charge is 0.207 e. The normalized spacial score (nSPS) is 10.2. The molecule has 0 heterocycles. The molecule has 1 aromatic carbocycles. The summed E-state index contributed by atoms with van der Waals surface area (Å²) in [5.41, 5.74) is -0.814. The lowest BCUT2D eigenvalue weighted by atomic mass is 10.1. The third-order valence-electron chi connectivity index (χ3n) is 1.43. The number of nitriles is 1. The molecule has 0 unspecified atom stereocenters. The third-order valence-corrected chi connectivity index (χ3v) is 2.06. The summed E-state index contributed by atoms with van der Waals surface area (Å²) in [4.78, 5) is 0. The molecule has 1 rings (SSSR count). The van der Waals surface area contributed by atoms with E-state index in [9.17, 15) is 13.2 Å². The van der Waals surface area contributed by atoms with Crippen molar-refractivity contribution in [3.8, 4) is 6.07 Å². The van der Waals surface area contributed by atoms with Gasteiger partial charge in [0.2, 0.25) is 0 Å². The second kappa shape index (κ2) is 3.79. The average Bonchev–Trinajstić information content (AvgIpc) is 2.02. The minimum Gasteiger partial charge on any atom is -0.207 e. The number of rotatable bonds is 1. The highest BCUT2D eigenvalue weighted by Gasteiger charge is 2.16. The van der Waals surface area contributed by atoms with Gasteiger partial charge in [-0.05, 0) is 28.1 Å². The van der Waals surface area contributed by atoms with Crippen molar-refractivity contribution >= 4 is 15.9 Å². The molecule has 0 aliphatic carbocycles. The van der Waals surface area contributed by atoms with E-state index in [2.05, 4.69) is 15.9 Å². The Morgan fingerprint density at radius 2 is 2.00 bits per heavy atom. The summed E-state index contributed by atoms with van der Waals surface area (Å²) in [6, 6.07) is 3.22. The lowest BCUT2D eigenvalue weighted by molar-refractivity contribution is 0.150. The molecule has 0 saturated carbocycles. The van der Waals surface area contributed by atoms with E-state index in [4.69, 9.17) is 5.26 Å². The molecule has 0 aliphatic heterocycles. The molecular weight excluding hydrogens is 247 g/mol. The minimum atomic E-state index is -2.85. The van der Waals surface area contributed by atoms with Crippen molar-refractivity contribution in [2.45, 2.75) is 6.43 Å². The average molecular weight is 250 g/mol. The Labute approximate surface area is 80.9 Å². The van der Waals surface area contributed by atoms with E-state index in [1.165, 1.54) is 0 Å². The molecule has 1 nitrogen and oxygen atoms in total. The summed E-state index contributed by atoms with van der Waals surface area (Å²) in [6.45, 7) is 0. The van der Waals surface area contributed by atoms with Crippen LogP contribution in [-0.2, 0) is 0 Å². The van der Waals surface area contributed by atoms with Gasteiger partial charge >= 0.3 is 0 Å². The number of benzene rings is 1. The SMILES string of the molecule is N#Cc1c(Br)cc(F)cc1C(F)F. The van der Waals surface area contributed by atoms with Crippen molar-refractivity contribution in [2.24, 2.45) is 0 Å². The van der Waals surface area contributed by atoms with Crippen LogP contribution in [0.25, 0.3) is 0 Å². The molecule has 0 amide bonds. The standard InChI is InChI=1S/C8H3BrF3N/c9-7-2-4(10)1-5(8(11)12)6(7)3-13/h1-2,8H. The number of hydrogen-bond donors (Lipinski definition) is 0. The van der Waals surface area contributed by atoms with Crippen molar-refractivity contribution in [3.63, 3.8) is 0 Å². The Kier molecular flexibility index (Phi) is 2.94. The van der Waals surface area contributed by atoms with Crippen LogP contribution in [0.5, 0.6) is 0 Å². The molecule has 0 aliphatic rings. The van der Waals surface area contributed by atoms with Gasteiger partial charge in [-0.2, -0.15) is 5.26 Å². The van der Waals surface area contributed by atoms with E-state index < -0.39 is 17.8 Å². The molecule has 0 aromatic heterocycles. The quantitative estimate of drug-likeness (QED) is 0.749. The fourth-order valence-corrected chi connectivity index (χ4v) is 1.42. The fourth-order valence-electron chi connectivity index (χ4n) is 0.884. The van der Waals surface area contributed by atoms with Crippen molar-refractivity contribution in [2.75, 3.05) is 0 Å². The summed E-state index contributed by atoms with van der Waals surface area (Å²) in [6.07, 6.45) is -2.85. The van der Waals surface area contributed by atoms with Gasteiger partial charge in [-0.1, -0.05) is 0 Å². The maximum absolute atomic E-state index is 12.6. The van der Waals surface area contributed by atoms with Gasteiger partial charge in [0.1, 0.15) is 11.9 Å². The Bertz CT molecular complexity index is 370. The maximum Gasteiger partial charge on any atom is 0.265 e. The number of nitrogens with zero attached hydrogens (tertiary/aromatic N) is 1. The van der Waals surface area contributed by atoms with Crippen molar-refractivity contribution < 1.29 is 13.2 Å². The largest absolute Gasteiger partial charge is 0.265 e. The third kappa shape index (κ3) is 2.01. The Balaban J connectivity index is 3.41. The van der Waals surface area contributed by atoms with Crippen molar-refractivity contribution in [3.05, 3.63) is 33.5 Å². The molecule has 0 N–H and O–H groups in total. The van der Waals surface area contributed by atoms with E-state index in [0.717, 1.165) is 6.07 Å². The first kappa shape index (κ1) is 10.1. The molecule has 0 spiro atoms. The number of hydrogen-bond acceptors (Lipinski definition) is 1. The van der Waals surface area contributed by atoms with Crippen LogP contribution < -0.4 is 0 Å². The van der Waals surface area contributed by atoms with Crippen LogP contribution in [0.15, 0.2) is 16.6 Å². The van der Waals surface area contributed by atoms with E-state index in [0.29, 0.717) is 6.07 Å². The fraction of sp³-hybridized carbons (Fsp3) is 0.125. The highest BCUT2D eigenvalue weighted by Crippen LogP contribution is 2.28. The molecule has 0 atom stereocenters. The highest BCUT2D eigenvalue weighted by atomic mass is 79.9. The zero-order chi connectivity index (χ0) is 10.0. The molecule has 5 heteroatoms. The Morgan fingerprint density at radius 1 is 1.38 bits per heavy atom. The predicted molar refractivity (Wildman–Crippen MR) is 43.8 cm³/mol. The lowest BCUT2D eigenvalue weighted by Crippen LogP contribution is -1.93. The van der Waals surface area contributed by atoms with Crippen LogP contribution in [-0.4, -0.2) is 0 Å². The van der Waals surface area contributed by atoms with Crippen LogP contribution >= 0.6 is 15.9 Å². The summed E-state index contributed by atoms with van der Waals surface area (Å²) in [5.74, 6) is -0.791. The van der Waals surface area contributed by atoms with Gasteiger partial charge in [0.15, 0.2) is 0 Å². The first-order valence-corrected chi connectivity index (χ1v) is 4.02. The molecule has 13 heavy (non-hydrogen) atoms. The van der Waals surface area contributed by atoms with E-state index in [1.807, 2.05) is 0 Å². The van der Waals surface area contributed by atoms with Gasteiger partial charge in [-0.25, -0.2) is 13.2 Å². The van der Waals surface area contributed by atoms with Gasteiger partial charge in [0.05, 0.1) is 5.56 Å². The van der Waals surface area contributed by atoms with Crippen LogP contribution in [0, 0.1) is 17.1 Å². The molecule has 1 aromatic rings. The molecule has 0 fully saturated rings. The Hall–Kier alpha value is -1.02. The highest BCUT2D eigenvalue weighted by molar-refractivity contribution is 9.10. The second-order valence-corrected chi connectivity index (χ2v) is 3.12. The lowest BCUT2D eigenvalue weighted by Gasteiger charge is -2.04. The van der Waals surface area contributed by atoms with Crippen LogP contribution in [0.1, 0.15) is 17.6 Å². The predicted octanol–water partition coefficient (Wildman–Crippen LogP) is 3.40. The summed E-state index contributed by atoms with van der Waals surface area (Å²) >= 11 is 2.83. The minimum absolute atomic E-state index is 0.0466. The van der Waals surface area contributed by atoms with Crippen LogP contribution in [0.4, 0.5) is 13.2 Å². The monoisotopic (exact) mass is 249 g/mol. The summed E-state index contributed by atoms with van der Waals surface area (Å²) in [5, 5.41) is 8.50. The van der Waals surface area contributed by atoms with Crippen LogP contribution in [0.3, 0.4) is 0 Å². The van der Waals surface area contributed by atoms with Gasteiger partial charge in [-0.15, -0.1) is 0 Å². The maximum atomic E-state index is 12.6. The summed E-state index contributed by atoms with van der Waals surface area (Å²) in [7, 11) is 0. The van der Waals surface area contributed by atoms with Gasteiger partial charge in [0.25, 0.3) is 6.43 Å². The molecule has 0 saturated heterocycles. The van der Waals surface area contributed by atoms with Crippen LogP contribution in [0.2, 0.25) is 0 Å². The molecule has 0 bridgehead atoms. The first-order valence-electron chi connectivity index (χ1n) is 3.23. The van der Waals surface area contributed by atoms with Gasteiger partial charge < -0.3 is 0 Å². The van der Waals surface area contributed by atoms with Gasteiger partial charge in [-0.3, -0.25) is 0 Å². The topological polar surface area (TPSA) is 23.8 Å². The van der Waals surface area contributed by atoms with Crippen molar-refractivity contribution in [1.29, 1.82) is 5.26 Å². The van der Waals surface area contributed by atoms with Crippen molar-refractivity contribution in [1.82, 2.24) is 0 Å². The van der Waals surface area contributed by atoms with E-state index in [1.54, 1.807) is 6.07 Å².